The first-order chi connectivity index (χ1) is 67.6. The molecule has 6 aliphatic rings. The zero-order valence-corrected chi connectivity index (χ0v) is 88.3. The van der Waals surface area contributed by atoms with Gasteiger partial charge in [-0.05, 0) is 250 Å². The normalized spacial score (nSPS) is 28.7. The molecule has 0 aliphatic carbocycles. The van der Waals surface area contributed by atoms with E-state index in [0.29, 0.717) is 56.3 Å². The van der Waals surface area contributed by atoms with Crippen molar-refractivity contribution in [2.45, 2.75) is 508 Å². The number of hydrogen-bond acceptors (Lipinski definition) is 34. The van der Waals surface area contributed by atoms with Crippen molar-refractivity contribution in [1.82, 2.24) is 0 Å². The van der Waals surface area contributed by atoms with Crippen LogP contribution >= 0.6 is 0 Å². The number of ketones is 6. The van der Waals surface area contributed by atoms with Gasteiger partial charge in [0.2, 0.25) is 0 Å². The highest BCUT2D eigenvalue weighted by Gasteiger charge is 2.43. The monoisotopic (exact) mass is 2030 g/mol. The molecule has 12 N–H and O–H groups in total. The Labute approximate surface area is 849 Å². The van der Waals surface area contributed by atoms with Gasteiger partial charge in [-0.1, -0.05) is 118 Å². The SMILES string of the molecule is C/C=C(\C)C(=O)O[C@@H]1CC(O)[C@H](O[C@H](C)CCCC/C=C/C(C)=O)OC1C.CC(=O)/C=C/CCCC[C@@H](C)O[C@@H]1OC(C)[C@H](OC(=O)c2ccc(O)cc2)CC1O.CC(=O)CC(O)CCCCCC[C@@H](C)O[C@@H]1OC(C)[C@H](O)CC1O.CC(=O)CCCCCCCCO[C@@H]1OC(C)[C@H](O)CC1O.CC(=O)CCO[C@@H]1OC(C)[C@H](O)CC1O.Cc1ccc(CC(=O)/C=C/CC[C@@H](C)O[C@@H]2OC(C)[C@H](O)CC2O)cc1. The van der Waals surface area contributed by atoms with Crippen LogP contribution in [0.25, 0.3) is 0 Å². The van der Waals surface area contributed by atoms with Gasteiger partial charge in [0.25, 0.3) is 0 Å². The number of aliphatic hydroxyl groups excluding tert-OH is 11. The van der Waals surface area contributed by atoms with Gasteiger partial charge in [0.1, 0.15) is 71.9 Å². The third-order valence-corrected chi connectivity index (χ3v) is 25.0. The maximum atomic E-state index is 12.3. The number of benzene rings is 2. The summed E-state index contributed by atoms with van der Waals surface area (Å²) in [6, 6.07) is 13.8. The molecule has 6 saturated heterocycles. The van der Waals surface area contributed by atoms with Gasteiger partial charge in [-0.3, -0.25) is 24.0 Å². The summed E-state index contributed by atoms with van der Waals surface area (Å²) in [6.45, 7) is 32.4. The Kier molecular flexibility index (Phi) is 66.9. The lowest BCUT2D eigenvalue weighted by Crippen LogP contribution is -2.49. The van der Waals surface area contributed by atoms with E-state index < -0.39 is 135 Å². The van der Waals surface area contributed by atoms with Crippen LogP contribution in [-0.2, 0) is 106 Å². The van der Waals surface area contributed by atoms with Crippen molar-refractivity contribution < 1.29 is 166 Å². The van der Waals surface area contributed by atoms with Gasteiger partial charge in [-0.25, -0.2) is 9.59 Å². The lowest BCUT2D eigenvalue weighted by molar-refractivity contribution is -0.275. The van der Waals surface area contributed by atoms with Crippen LogP contribution in [0, 0.1) is 6.92 Å². The first-order valence-corrected chi connectivity index (χ1v) is 51.8. The van der Waals surface area contributed by atoms with Gasteiger partial charge in [0, 0.05) is 76.4 Å². The zero-order chi connectivity index (χ0) is 107. The van der Waals surface area contributed by atoms with Crippen LogP contribution in [0.3, 0.4) is 0 Å². The molecule has 6 aliphatic heterocycles. The van der Waals surface area contributed by atoms with E-state index in [1.165, 1.54) is 57.5 Å². The van der Waals surface area contributed by atoms with Crippen molar-refractivity contribution in [2.24, 2.45) is 0 Å². The van der Waals surface area contributed by atoms with E-state index in [1.807, 2.05) is 84.0 Å². The number of carbonyl (C=O) groups excluding carboxylic acids is 8. The highest BCUT2D eigenvalue weighted by atomic mass is 16.7. The van der Waals surface area contributed by atoms with Crippen molar-refractivity contribution in [1.29, 1.82) is 0 Å². The van der Waals surface area contributed by atoms with Crippen molar-refractivity contribution >= 4 is 46.6 Å². The second kappa shape index (κ2) is 73.4. The van der Waals surface area contributed by atoms with Crippen LogP contribution < -0.4 is 0 Å². The minimum absolute atomic E-state index is 0.0182. The number of allylic oxidation sites excluding steroid dienone is 7. The van der Waals surface area contributed by atoms with Gasteiger partial charge in [0.05, 0.1) is 104 Å². The first kappa shape index (κ1) is 130. The molecule has 0 aromatic heterocycles. The van der Waals surface area contributed by atoms with Gasteiger partial charge in [-0.15, -0.1) is 0 Å². The molecule has 34 nitrogen and oxygen atoms in total. The van der Waals surface area contributed by atoms with Gasteiger partial charge in [-0.2, -0.15) is 0 Å². The summed E-state index contributed by atoms with van der Waals surface area (Å²) in [7, 11) is 0. The van der Waals surface area contributed by atoms with Crippen molar-refractivity contribution in [2.75, 3.05) is 13.2 Å². The lowest BCUT2D eigenvalue weighted by atomic mass is 10.0. The molecule has 6 heterocycles. The Hall–Kier alpha value is -6.76. The summed E-state index contributed by atoms with van der Waals surface area (Å²) < 4.78 is 78.1. The molecule has 0 spiro atoms. The Morgan fingerprint density at radius 1 is 0.378 bits per heavy atom. The number of Topliss-reactive ketones (excluding diaryl/α,β-unsaturated/α-hetero) is 3. The number of ether oxygens (including phenoxy) is 14. The molecule has 818 valence electrons. The summed E-state index contributed by atoms with van der Waals surface area (Å²) in [5.74, 6) is -0.324. The average Bonchev–Trinajstić information content (AvgIpc) is 0.832. The molecule has 0 radical (unpaired) electrons. The highest BCUT2D eigenvalue weighted by Crippen LogP contribution is 2.32. The Bertz CT molecular complexity index is 3970. The van der Waals surface area contributed by atoms with E-state index in [4.69, 9.17) is 66.3 Å². The highest BCUT2D eigenvalue weighted by molar-refractivity contribution is 5.91. The number of aliphatic hydroxyl groups is 11. The van der Waals surface area contributed by atoms with E-state index in [2.05, 4.69) is 0 Å². The largest absolute Gasteiger partial charge is 0.508 e. The number of unbranched alkanes of at least 4 members (excludes halogenated alkanes) is 12. The topological polar surface area (TPSA) is 509 Å². The van der Waals surface area contributed by atoms with E-state index in [1.54, 1.807) is 79.7 Å². The van der Waals surface area contributed by atoms with E-state index in [9.17, 15) is 99.6 Å². The minimum Gasteiger partial charge on any atom is -0.508 e. The van der Waals surface area contributed by atoms with Gasteiger partial charge < -0.3 is 132 Å². The molecule has 0 bridgehead atoms. The number of carbonyl (C=O) groups is 8. The maximum absolute atomic E-state index is 12.3. The summed E-state index contributed by atoms with van der Waals surface area (Å²) in [4.78, 5) is 90.1. The summed E-state index contributed by atoms with van der Waals surface area (Å²) >= 11 is 0. The Balaban J connectivity index is 0.000000445. The van der Waals surface area contributed by atoms with Crippen LogP contribution in [0.2, 0.25) is 0 Å². The van der Waals surface area contributed by atoms with Crippen LogP contribution in [0.1, 0.15) is 338 Å². The molecule has 143 heavy (non-hydrogen) atoms. The minimum atomic E-state index is -0.903. The molecule has 29 atom stereocenters. The fourth-order valence-corrected chi connectivity index (χ4v) is 15.8. The van der Waals surface area contributed by atoms with Crippen molar-refractivity contribution in [3.63, 3.8) is 0 Å². The zero-order valence-electron chi connectivity index (χ0n) is 88.3. The number of aromatic hydroxyl groups is 1. The van der Waals surface area contributed by atoms with Crippen molar-refractivity contribution in [3.05, 3.63) is 113 Å². The molecule has 2 aromatic rings. The molecule has 0 amide bonds. The molecule has 6 fully saturated rings. The summed E-state index contributed by atoms with van der Waals surface area (Å²) in [5.41, 5.74) is 3.05. The van der Waals surface area contributed by atoms with E-state index in [0.717, 1.165) is 134 Å². The standard InChI is InChI=1S/C23H32O7.C21H34O6.C21H30O5.C18H34O6.C16H30O5.C10H18O5/c1-15(24)8-6-4-5-7-9-16(2)28-23-20(26)14-21(17(3)29-23)30-22(27)18-10-12-19(25)13-11-18;1-6-14(2)20(24)27-19-13-18(23)21(26-17(19)5)25-16(4)12-10-8-7-9-11-15(3)22;1-14-8-10-17(11-9-14)12-18(22)7-5-4-6-15(2)25-21-20(24)13-19(23)16(3)26-21;1-12(19)10-15(20)9-7-5-4-6-8-13(2)23-18-17(22)11-16(21)14(3)24-18;1-12(17)9-7-5-3-4-6-8-10-20-16-15(19)11-14(18)13(2)21-16;1-6(11)3-4-14-10-9(13)5-8(12)7(2)15-10/h6,8,10-13,16-17,20-21,23,25-26H,4-5,7,9,14H2,1-3H3;6,9,11,16-19,21,23H,7-8,10,12-13H2,1-5H3;5,7-11,15-16,19-21,23-24H,4,6,12-13H2,1-3H3;13-18,20-22H,4-11H2,1-3H3;13-16,18-19H,3-11H2,1-2H3;7-10,12-13H,3-5H2,1-2H3/b8-6+;11-9+,14-6+;7-5+;;;/t16-,17?,20?,21-,23-;16-,17?,18?,19-,21-;15-,16?,19-,20?,21-;13-,14?,15?,16-,17?,18-;13?,14-,15?,16-;7?,8-,9?,10-/m111111/s1. The van der Waals surface area contributed by atoms with Crippen LogP contribution in [0.5, 0.6) is 5.75 Å². The number of rotatable bonds is 53. The number of phenolic OH excluding ortho intramolecular Hbond substituents is 1. The van der Waals surface area contributed by atoms with E-state index >= 15 is 0 Å². The predicted molar refractivity (Wildman–Crippen MR) is 537 cm³/mol. The molecule has 8 rings (SSSR count). The third kappa shape index (κ3) is 58.1. The molecule has 0 saturated carbocycles. The van der Waals surface area contributed by atoms with Crippen LogP contribution in [0.15, 0.2) is 96.6 Å². The average molecular weight is 2030 g/mol. The van der Waals surface area contributed by atoms with Gasteiger partial charge in [0.15, 0.2) is 55.1 Å². The smallest absolute Gasteiger partial charge is 0.338 e. The Morgan fingerprint density at radius 3 is 1.15 bits per heavy atom. The van der Waals surface area contributed by atoms with Gasteiger partial charge >= 0.3 is 11.9 Å². The summed E-state index contributed by atoms with van der Waals surface area (Å²) in [5, 5.41) is 117. The second-order valence-electron chi connectivity index (χ2n) is 39.1. The maximum Gasteiger partial charge on any atom is 0.338 e. The van der Waals surface area contributed by atoms with Crippen molar-refractivity contribution in [3.8, 4) is 5.75 Å². The number of esters is 2. The fraction of sp³-hybridized carbons (Fsp3) is 0.743. The fourth-order valence-electron chi connectivity index (χ4n) is 15.8. The third-order valence-electron chi connectivity index (χ3n) is 25.0. The van der Waals surface area contributed by atoms with E-state index in [-0.39, 0.29) is 141 Å². The molecular formula is C109H178O34. The first-order valence-electron chi connectivity index (χ1n) is 51.8. The lowest BCUT2D eigenvalue weighted by Gasteiger charge is -2.38. The predicted octanol–water partition coefficient (Wildman–Crippen LogP) is 13.6. The quantitative estimate of drug-likeness (QED) is 0.0166. The molecular weight excluding hydrogens is 1850 g/mol. The molecule has 2 aromatic carbocycles. The summed E-state index contributed by atoms with van der Waals surface area (Å²) in [6.07, 6.45) is 20.3. The van der Waals surface area contributed by atoms with Crippen LogP contribution in [0.4, 0.5) is 0 Å². The molecule has 34 heteroatoms. The number of hydrogen-bond donors (Lipinski definition) is 12. The number of aryl methyl sites for hydroxylation is 1. The number of phenols is 1. The van der Waals surface area contributed by atoms with Crippen LogP contribution in [-0.4, -0.2) is 299 Å². The second-order valence-corrected chi connectivity index (χ2v) is 39.1. The molecule has 13 unspecified atom stereocenters. The Morgan fingerprint density at radius 2 is 0.734 bits per heavy atom.